The Balaban J connectivity index is 2.29. The highest BCUT2D eigenvalue weighted by molar-refractivity contribution is 5.76. The number of carbonyl (C=O) groups is 1. The molecule has 2 rings (SSSR count). The lowest BCUT2D eigenvalue weighted by atomic mass is 10.2. The molecule has 1 heterocycles. The maximum Gasteiger partial charge on any atom is 0.427 e. The van der Waals surface area contributed by atoms with Gasteiger partial charge in [-0.05, 0) is 32.9 Å². The third-order valence-electron chi connectivity index (χ3n) is 2.51. The summed E-state index contributed by atoms with van der Waals surface area (Å²) in [5, 5.41) is 9.79. The fourth-order valence-electron chi connectivity index (χ4n) is 1.71. The third kappa shape index (κ3) is 3.44. The van der Waals surface area contributed by atoms with Gasteiger partial charge in [-0.3, -0.25) is 4.57 Å². The van der Waals surface area contributed by atoms with Gasteiger partial charge in [-0.1, -0.05) is 18.2 Å². The van der Waals surface area contributed by atoms with Gasteiger partial charge in [0, 0.05) is 0 Å². The zero-order valence-electron chi connectivity index (χ0n) is 12.0. The first kappa shape index (κ1) is 14.7. The maximum atomic E-state index is 12.2. The molecule has 1 aromatic carbocycles. The first-order chi connectivity index (χ1) is 9.78. The number of aromatic hydroxyl groups is 1. The zero-order chi connectivity index (χ0) is 15.6. The molecule has 0 unspecified atom stereocenters. The standard InChI is InChI=1S/C14H17N3O4/c1-14(2,3)21-12(19)15-17-11(18)9-16(13(17)20)10-7-5-4-6-8-10/h4-9,18H,1-3H3,(H,15,19). The summed E-state index contributed by atoms with van der Waals surface area (Å²) in [5.41, 5.74) is 1.46. The minimum Gasteiger partial charge on any atom is -0.492 e. The predicted octanol–water partition coefficient (Wildman–Crippen LogP) is 1.82. The van der Waals surface area contributed by atoms with E-state index in [0.717, 1.165) is 4.68 Å². The second kappa shape index (κ2) is 5.35. The van der Waals surface area contributed by atoms with E-state index < -0.39 is 23.3 Å². The lowest BCUT2D eigenvalue weighted by Gasteiger charge is -2.19. The molecule has 21 heavy (non-hydrogen) atoms. The monoisotopic (exact) mass is 291 g/mol. The van der Waals surface area contributed by atoms with Crippen molar-refractivity contribution in [3.05, 3.63) is 47.0 Å². The van der Waals surface area contributed by atoms with Crippen molar-refractivity contribution in [1.82, 2.24) is 9.24 Å². The van der Waals surface area contributed by atoms with Crippen LogP contribution >= 0.6 is 0 Å². The Labute approximate surface area is 121 Å². The summed E-state index contributed by atoms with van der Waals surface area (Å²) in [6, 6.07) is 8.75. The number of imidazole rings is 1. The van der Waals surface area contributed by atoms with Crippen LogP contribution in [0.2, 0.25) is 0 Å². The van der Waals surface area contributed by atoms with Crippen LogP contribution in [0.15, 0.2) is 41.3 Å². The normalized spacial score (nSPS) is 11.2. The van der Waals surface area contributed by atoms with Crippen LogP contribution in [0.25, 0.3) is 5.69 Å². The molecule has 0 saturated heterocycles. The first-order valence-corrected chi connectivity index (χ1v) is 6.37. The molecule has 112 valence electrons. The van der Waals surface area contributed by atoms with Crippen molar-refractivity contribution >= 4 is 6.09 Å². The molecule has 1 aromatic heterocycles. The second-order valence-electron chi connectivity index (χ2n) is 5.42. The number of carbonyl (C=O) groups excluding carboxylic acids is 1. The maximum absolute atomic E-state index is 12.2. The van der Waals surface area contributed by atoms with Crippen LogP contribution in [-0.4, -0.2) is 26.0 Å². The number of nitrogens with zero attached hydrogens (tertiary/aromatic N) is 2. The van der Waals surface area contributed by atoms with Crippen LogP contribution in [-0.2, 0) is 4.74 Å². The quantitative estimate of drug-likeness (QED) is 0.883. The Morgan fingerprint density at radius 1 is 1.24 bits per heavy atom. The molecule has 2 N–H and O–H groups in total. The van der Waals surface area contributed by atoms with Gasteiger partial charge in [0.1, 0.15) is 5.60 Å². The van der Waals surface area contributed by atoms with E-state index in [1.54, 1.807) is 45.0 Å². The molecule has 0 bridgehead atoms. The van der Waals surface area contributed by atoms with E-state index >= 15 is 0 Å². The number of hydrogen-bond donors (Lipinski definition) is 2. The molecule has 0 aliphatic heterocycles. The molecule has 7 heteroatoms. The largest absolute Gasteiger partial charge is 0.492 e. The fourth-order valence-corrected chi connectivity index (χ4v) is 1.71. The Bertz CT molecular complexity index is 695. The Kier molecular flexibility index (Phi) is 3.75. The van der Waals surface area contributed by atoms with Crippen molar-refractivity contribution in [2.24, 2.45) is 0 Å². The van der Waals surface area contributed by atoms with Crippen molar-refractivity contribution in [1.29, 1.82) is 0 Å². The van der Waals surface area contributed by atoms with Crippen molar-refractivity contribution < 1.29 is 14.6 Å². The molecule has 0 aliphatic rings. The molecular weight excluding hydrogens is 274 g/mol. The molecule has 0 aliphatic carbocycles. The number of ether oxygens (including phenoxy) is 1. The lowest BCUT2D eigenvalue weighted by Crippen LogP contribution is -2.37. The summed E-state index contributed by atoms with van der Waals surface area (Å²) in [6.07, 6.45) is 0.389. The van der Waals surface area contributed by atoms with E-state index in [1.165, 1.54) is 10.8 Å². The van der Waals surface area contributed by atoms with Gasteiger partial charge < -0.3 is 9.84 Å². The second-order valence-corrected chi connectivity index (χ2v) is 5.42. The van der Waals surface area contributed by atoms with E-state index in [2.05, 4.69) is 5.43 Å². The fraction of sp³-hybridized carbons (Fsp3) is 0.286. The smallest absolute Gasteiger partial charge is 0.427 e. The Hall–Kier alpha value is -2.70. The number of para-hydroxylation sites is 1. The number of amides is 1. The minimum absolute atomic E-state index is 0.394. The van der Waals surface area contributed by atoms with Gasteiger partial charge in [0.25, 0.3) is 0 Å². The SMILES string of the molecule is CC(C)(C)OC(=O)Nn1c(O)cn(-c2ccccc2)c1=O. The number of hydrogen-bond acceptors (Lipinski definition) is 4. The van der Waals surface area contributed by atoms with Crippen molar-refractivity contribution in [2.75, 3.05) is 5.43 Å². The Morgan fingerprint density at radius 3 is 2.43 bits per heavy atom. The number of benzene rings is 1. The molecule has 0 fully saturated rings. The zero-order valence-corrected chi connectivity index (χ0v) is 12.0. The lowest BCUT2D eigenvalue weighted by molar-refractivity contribution is 0.0609. The summed E-state index contributed by atoms with van der Waals surface area (Å²) in [5.74, 6) is -0.394. The van der Waals surface area contributed by atoms with Crippen LogP contribution in [0.5, 0.6) is 5.88 Å². The van der Waals surface area contributed by atoms with Gasteiger partial charge in [-0.2, -0.15) is 4.68 Å². The summed E-state index contributed by atoms with van der Waals surface area (Å²) < 4.78 is 6.97. The molecule has 0 atom stereocenters. The highest BCUT2D eigenvalue weighted by Crippen LogP contribution is 2.11. The van der Waals surface area contributed by atoms with Gasteiger partial charge in [0.15, 0.2) is 0 Å². The minimum atomic E-state index is -0.828. The number of aromatic nitrogens is 2. The van der Waals surface area contributed by atoms with Crippen molar-refractivity contribution in [2.45, 2.75) is 26.4 Å². The molecule has 0 spiro atoms. The summed E-state index contributed by atoms with van der Waals surface area (Å²) in [7, 11) is 0. The Morgan fingerprint density at radius 2 is 1.86 bits per heavy atom. The van der Waals surface area contributed by atoms with Crippen molar-refractivity contribution in [3.8, 4) is 11.6 Å². The average Bonchev–Trinajstić information content (AvgIpc) is 2.66. The summed E-state index contributed by atoms with van der Waals surface area (Å²) >= 11 is 0. The number of rotatable bonds is 2. The van der Waals surface area contributed by atoms with E-state index in [4.69, 9.17) is 4.74 Å². The van der Waals surface area contributed by atoms with Crippen molar-refractivity contribution in [3.63, 3.8) is 0 Å². The molecule has 0 saturated carbocycles. The van der Waals surface area contributed by atoms with E-state index in [0.29, 0.717) is 5.69 Å². The van der Waals surface area contributed by atoms with E-state index in [9.17, 15) is 14.7 Å². The van der Waals surface area contributed by atoms with Crippen LogP contribution in [0.4, 0.5) is 4.79 Å². The van der Waals surface area contributed by atoms with Crippen LogP contribution < -0.4 is 11.1 Å². The summed E-state index contributed by atoms with van der Waals surface area (Å²) in [6.45, 7) is 5.10. The van der Waals surface area contributed by atoms with Crippen LogP contribution in [0.1, 0.15) is 20.8 Å². The topological polar surface area (TPSA) is 85.5 Å². The highest BCUT2D eigenvalue weighted by Gasteiger charge is 2.19. The van der Waals surface area contributed by atoms with Gasteiger partial charge in [-0.15, -0.1) is 0 Å². The third-order valence-corrected chi connectivity index (χ3v) is 2.51. The molecule has 0 radical (unpaired) electrons. The van der Waals surface area contributed by atoms with Gasteiger partial charge in [0.05, 0.1) is 11.9 Å². The van der Waals surface area contributed by atoms with E-state index in [1.807, 2.05) is 6.07 Å². The molecular formula is C14H17N3O4. The average molecular weight is 291 g/mol. The van der Waals surface area contributed by atoms with Crippen LogP contribution in [0.3, 0.4) is 0 Å². The predicted molar refractivity (Wildman–Crippen MR) is 77.3 cm³/mol. The molecule has 7 nitrogen and oxygen atoms in total. The number of nitrogens with one attached hydrogen (secondary N) is 1. The summed E-state index contributed by atoms with van der Waals surface area (Å²) in [4.78, 5) is 23.9. The highest BCUT2D eigenvalue weighted by atomic mass is 16.6. The molecule has 2 aromatic rings. The van der Waals surface area contributed by atoms with Gasteiger partial charge in [-0.25, -0.2) is 15.0 Å². The van der Waals surface area contributed by atoms with Gasteiger partial charge in [0.2, 0.25) is 5.88 Å². The van der Waals surface area contributed by atoms with Gasteiger partial charge >= 0.3 is 11.8 Å². The van der Waals surface area contributed by atoms with E-state index in [-0.39, 0.29) is 0 Å². The van der Waals surface area contributed by atoms with Crippen LogP contribution in [0, 0.1) is 0 Å². The first-order valence-electron chi connectivity index (χ1n) is 6.37. The molecule has 1 amide bonds.